The molecule has 124 valence electrons. The van der Waals surface area contributed by atoms with Crippen molar-refractivity contribution in [2.24, 2.45) is 0 Å². The Balaban J connectivity index is 1.91. The van der Waals surface area contributed by atoms with E-state index in [9.17, 15) is 13.2 Å². The SMILES string of the molecule is CCCOC1CCC(NS(=O)(=O)c2ccc(C(=O)O)s2)CC1. The molecule has 1 heterocycles. The van der Waals surface area contributed by atoms with Gasteiger partial charge in [-0.1, -0.05) is 6.92 Å². The molecule has 2 N–H and O–H groups in total. The van der Waals surface area contributed by atoms with E-state index in [2.05, 4.69) is 11.6 Å². The minimum absolute atomic E-state index is 0.0250. The molecular weight excluding hydrogens is 326 g/mol. The van der Waals surface area contributed by atoms with Crippen LogP contribution in [0, 0.1) is 0 Å². The second-order valence-corrected chi connectivity index (χ2v) is 8.41. The molecule has 0 radical (unpaired) electrons. The van der Waals surface area contributed by atoms with Crippen molar-refractivity contribution in [2.45, 2.75) is 55.4 Å². The number of thiophene rings is 1. The molecule has 0 unspecified atom stereocenters. The highest BCUT2D eigenvalue weighted by atomic mass is 32.2. The zero-order valence-electron chi connectivity index (χ0n) is 12.4. The third kappa shape index (κ3) is 4.52. The Hall–Kier alpha value is -0.960. The Bertz CT molecular complexity index is 603. The van der Waals surface area contributed by atoms with Gasteiger partial charge in [0.15, 0.2) is 0 Å². The van der Waals surface area contributed by atoms with Crippen molar-refractivity contribution in [1.82, 2.24) is 4.72 Å². The molecule has 0 aliphatic heterocycles. The molecule has 0 amide bonds. The number of aromatic carboxylic acids is 1. The number of sulfonamides is 1. The van der Waals surface area contributed by atoms with Crippen molar-refractivity contribution < 1.29 is 23.1 Å². The molecule has 0 bridgehead atoms. The summed E-state index contributed by atoms with van der Waals surface area (Å²) >= 11 is 0.773. The number of carbonyl (C=O) groups is 1. The zero-order valence-corrected chi connectivity index (χ0v) is 14.1. The molecule has 6 nitrogen and oxygen atoms in total. The van der Waals surface area contributed by atoms with E-state index in [0.29, 0.717) is 0 Å². The van der Waals surface area contributed by atoms with Crippen LogP contribution in [-0.2, 0) is 14.8 Å². The van der Waals surface area contributed by atoms with Gasteiger partial charge in [-0.05, 0) is 44.2 Å². The Kier molecular flexibility index (Phi) is 5.96. The van der Waals surface area contributed by atoms with E-state index in [-0.39, 0.29) is 21.2 Å². The molecule has 1 fully saturated rings. The van der Waals surface area contributed by atoms with Crippen LogP contribution in [-0.4, -0.2) is 38.2 Å². The van der Waals surface area contributed by atoms with Crippen LogP contribution in [0.2, 0.25) is 0 Å². The largest absolute Gasteiger partial charge is 0.477 e. The first-order valence-electron chi connectivity index (χ1n) is 7.39. The van der Waals surface area contributed by atoms with Gasteiger partial charge in [-0.2, -0.15) is 0 Å². The normalized spacial score (nSPS) is 22.6. The summed E-state index contributed by atoms with van der Waals surface area (Å²) in [5.41, 5.74) is 0. The fraction of sp³-hybridized carbons (Fsp3) is 0.643. The molecule has 1 saturated carbocycles. The summed E-state index contributed by atoms with van der Waals surface area (Å²) in [6.07, 6.45) is 4.38. The molecule has 0 saturated heterocycles. The average molecular weight is 347 g/mol. The number of hydrogen-bond donors (Lipinski definition) is 2. The summed E-state index contributed by atoms with van der Waals surface area (Å²) in [5, 5.41) is 8.87. The van der Waals surface area contributed by atoms with Crippen molar-refractivity contribution in [3.8, 4) is 0 Å². The van der Waals surface area contributed by atoms with E-state index in [0.717, 1.165) is 50.0 Å². The predicted octanol–water partition coefficient (Wildman–Crippen LogP) is 2.46. The molecule has 22 heavy (non-hydrogen) atoms. The van der Waals surface area contributed by atoms with Crippen LogP contribution < -0.4 is 4.72 Å². The first-order valence-corrected chi connectivity index (χ1v) is 9.69. The molecule has 2 rings (SSSR count). The van der Waals surface area contributed by atoms with Crippen molar-refractivity contribution in [2.75, 3.05) is 6.61 Å². The number of ether oxygens (including phenoxy) is 1. The molecule has 1 aliphatic carbocycles. The second kappa shape index (κ2) is 7.54. The van der Waals surface area contributed by atoms with E-state index in [1.807, 2.05) is 0 Å². The molecule has 0 spiro atoms. The Morgan fingerprint density at radius 1 is 1.36 bits per heavy atom. The van der Waals surface area contributed by atoms with Crippen LogP contribution in [0.25, 0.3) is 0 Å². The molecule has 0 aromatic carbocycles. The third-order valence-electron chi connectivity index (χ3n) is 3.61. The van der Waals surface area contributed by atoms with Gasteiger partial charge >= 0.3 is 5.97 Å². The van der Waals surface area contributed by atoms with Gasteiger partial charge in [0.05, 0.1) is 6.10 Å². The summed E-state index contributed by atoms with van der Waals surface area (Å²) in [4.78, 5) is 10.9. The van der Waals surface area contributed by atoms with E-state index < -0.39 is 16.0 Å². The van der Waals surface area contributed by atoms with E-state index in [1.165, 1.54) is 12.1 Å². The molecule has 8 heteroatoms. The summed E-state index contributed by atoms with van der Waals surface area (Å²) in [6, 6.07) is 2.55. The zero-order chi connectivity index (χ0) is 16.2. The van der Waals surface area contributed by atoms with E-state index in [4.69, 9.17) is 9.84 Å². The maximum atomic E-state index is 12.3. The molecule has 1 aliphatic rings. The number of carboxylic acid groups (broad SMARTS) is 1. The fourth-order valence-electron chi connectivity index (χ4n) is 2.49. The Morgan fingerprint density at radius 2 is 2.05 bits per heavy atom. The van der Waals surface area contributed by atoms with Crippen molar-refractivity contribution in [3.05, 3.63) is 17.0 Å². The number of carboxylic acids is 1. The lowest BCUT2D eigenvalue weighted by molar-refractivity contribution is 0.0245. The topological polar surface area (TPSA) is 92.7 Å². The minimum atomic E-state index is -3.64. The van der Waals surface area contributed by atoms with Crippen molar-refractivity contribution >= 4 is 27.3 Å². The Labute approximate surface area is 134 Å². The minimum Gasteiger partial charge on any atom is -0.477 e. The number of nitrogens with one attached hydrogen (secondary N) is 1. The van der Waals surface area contributed by atoms with Gasteiger partial charge in [0.1, 0.15) is 9.09 Å². The lowest BCUT2D eigenvalue weighted by Gasteiger charge is -2.28. The highest BCUT2D eigenvalue weighted by molar-refractivity contribution is 7.91. The first-order chi connectivity index (χ1) is 10.4. The van der Waals surface area contributed by atoms with Gasteiger partial charge in [-0.25, -0.2) is 17.9 Å². The van der Waals surface area contributed by atoms with Gasteiger partial charge < -0.3 is 9.84 Å². The van der Waals surface area contributed by atoms with Crippen LogP contribution in [0.3, 0.4) is 0 Å². The molecule has 1 aromatic rings. The highest BCUT2D eigenvalue weighted by Crippen LogP contribution is 2.25. The van der Waals surface area contributed by atoms with Crippen LogP contribution in [0.5, 0.6) is 0 Å². The third-order valence-corrected chi connectivity index (χ3v) is 6.70. The van der Waals surface area contributed by atoms with Crippen molar-refractivity contribution in [3.63, 3.8) is 0 Å². The van der Waals surface area contributed by atoms with E-state index in [1.54, 1.807) is 0 Å². The van der Waals surface area contributed by atoms with Gasteiger partial charge in [-0.3, -0.25) is 0 Å². The van der Waals surface area contributed by atoms with Crippen LogP contribution in [0.15, 0.2) is 16.3 Å². The second-order valence-electron chi connectivity index (χ2n) is 5.39. The smallest absolute Gasteiger partial charge is 0.345 e. The fourth-order valence-corrected chi connectivity index (χ4v) is 4.96. The monoisotopic (exact) mass is 347 g/mol. The molecular formula is C14H21NO5S2. The maximum Gasteiger partial charge on any atom is 0.345 e. The van der Waals surface area contributed by atoms with Crippen LogP contribution in [0.1, 0.15) is 48.7 Å². The lowest BCUT2D eigenvalue weighted by Crippen LogP contribution is -2.38. The molecule has 0 atom stereocenters. The van der Waals surface area contributed by atoms with Crippen molar-refractivity contribution in [1.29, 1.82) is 0 Å². The summed E-state index contributed by atoms with van der Waals surface area (Å²) in [6.45, 7) is 2.81. The summed E-state index contributed by atoms with van der Waals surface area (Å²) < 4.78 is 32.9. The Morgan fingerprint density at radius 3 is 2.59 bits per heavy atom. The van der Waals surface area contributed by atoms with Gasteiger partial charge in [-0.15, -0.1) is 11.3 Å². The van der Waals surface area contributed by atoms with Crippen LogP contribution in [0.4, 0.5) is 0 Å². The highest BCUT2D eigenvalue weighted by Gasteiger charge is 2.27. The lowest BCUT2D eigenvalue weighted by atomic mass is 9.94. The quantitative estimate of drug-likeness (QED) is 0.790. The summed E-state index contributed by atoms with van der Waals surface area (Å²) in [7, 11) is -3.64. The number of hydrogen-bond acceptors (Lipinski definition) is 5. The predicted molar refractivity (Wildman–Crippen MR) is 83.9 cm³/mol. The van der Waals surface area contributed by atoms with Gasteiger partial charge in [0, 0.05) is 12.6 Å². The number of rotatable bonds is 7. The van der Waals surface area contributed by atoms with E-state index >= 15 is 0 Å². The maximum absolute atomic E-state index is 12.3. The standard InChI is InChI=1S/C14H21NO5S2/c1-2-9-20-11-5-3-10(4-6-11)15-22(18,19)13-8-7-12(21-13)14(16)17/h7-8,10-11,15H,2-6,9H2,1H3,(H,16,17). The first kappa shape index (κ1) is 17.4. The van der Waals surface area contributed by atoms with Crippen LogP contribution >= 0.6 is 11.3 Å². The average Bonchev–Trinajstić information content (AvgIpc) is 2.97. The molecule has 1 aromatic heterocycles. The van der Waals surface area contributed by atoms with Gasteiger partial charge in [0.2, 0.25) is 10.0 Å². The summed E-state index contributed by atoms with van der Waals surface area (Å²) in [5.74, 6) is -1.11. The van der Waals surface area contributed by atoms with Gasteiger partial charge in [0.25, 0.3) is 0 Å².